The van der Waals surface area contributed by atoms with Crippen LogP contribution in [-0.2, 0) is 17.9 Å². The molecule has 1 heterocycles. The number of nitrogens with one attached hydrogen (secondary N) is 1. The van der Waals surface area contributed by atoms with Crippen molar-refractivity contribution in [3.8, 4) is 11.5 Å². The number of hydrogen-bond donors (Lipinski definition) is 1. The van der Waals surface area contributed by atoms with Crippen LogP contribution < -0.4 is 14.8 Å². The second-order valence-electron chi connectivity index (χ2n) is 5.73. The maximum absolute atomic E-state index is 12.1. The van der Waals surface area contributed by atoms with Gasteiger partial charge in [0.05, 0.1) is 6.54 Å². The first kappa shape index (κ1) is 16.6. The summed E-state index contributed by atoms with van der Waals surface area (Å²) in [5, 5.41) is 3.55. The third-order valence-electron chi connectivity index (χ3n) is 3.74. The number of benzene rings is 2. The molecule has 1 aliphatic heterocycles. The first-order valence-electron chi connectivity index (χ1n) is 7.69. The largest absolute Gasteiger partial charge is 0.454 e. The van der Waals surface area contributed by atoms with Crippen molar-refractivity contribution in [2.45, 2.75) is 13.1 Å². The van der Waals surface area contributed by atoms with Gasteiger partial charge in [0.2, 0.25) is 12.7 Å². The van der Waals surface area contributed by atoms with Gasteiger partial charge in [-0.15, -0.1) is 0 Å². The van der Waals surface area contributed by atoms with E-state index in [2.05, 4.69) is 5.32 Å². The van der Waals surface area contributed by atoms with E-state index < -0.39 is 0 Å². The molecule has 1 aliphatic rings. The second kappa shape index (κ2) is 7.55. The molecule has 24 heavy (non-hydrogen) atoms. The van der Waals surface area contributed by atoms with Crippen LogP contribution in [0, 0.1) is 0 Å². The van der Waals surface area contributed by atoms with Gasteiger partial charge in [-0.2, -0.15) is 0 Å². The van der Waals surface area contributed by atoms with E-state index in [1.807, 2.05) is 54.4 Å². The number of fused-ring (bicyclic) bond motifs is 1. The van der Waals surface area contributed by atoms with Crippen molar-refractivity contribution >= 4 is 17.5 Å². The summed E-state index contributed by atoms with van der Waals surface area (Å²) in [7, 11) is 1.90. The molecule has 126 valence electrons. The van der Waals surface area contributed by atoms with Crippen LogP contribution in [0.4, 0.5) is 0 Å². The summed E-state index contributed by atoms with van der Waals surface area (Å²) in [5.74, 6) is 1.47. The molecular weight excluding hydrogens is 328 g/mol. The Morgan fingerprint density at radius 1 is 1.21 bits per heavy atom. The van der Waals surface area contributed by atoms with Gasteiger partial charge in [-0.05, 0) is 36.4 Å². The molecule has 0 unspecified atom stereocenters. The van der Waals surface area contributed by atoms with E-state index in [-0.39, 0.29) is 12.7 Å². The Hall–Kier alpha value is -2.24. The van der Waals surface area contributed by atoms with E-state index in [1.54, 1.807) is 0 Å². The van der Waals surface area contributed by atoms with Crippen LogP contribution in [0.3, 0.4) is 0 Å². The quantitative estimate of drug-likeness (QED) is 0.874. The molecule has 0 saturated heterocycles. The third-order valence-corrected chi connectivity index (χ3v) is 4.11. The monoisotopic (exact) mass is 346 g/mol. The van der Waals surface area contributed by atoms with Crippen molar-refractivity contribution in [3.05, 3.63) is 58.6 Å². The average Bonchev–Trinajstić information content (AvgIpc) is 3.01. The third kappa shape index (κ3) is 4.19. The molecule has 0 radical (unpaired) electrons. The maximum Gasteiger partial charge on any atom is 0.234 e. The maximum atomic E-state index is 12.1. The minimum atomic E-state index is -0.0434. The predicted molar refractivity (Wildman–Crippen MR) is 92.2 cm³/mol. The summed E-state index contributed by atoms with van der Waals surface area (Å²) in [6, 6.07) is 13.3. The van der Waals surface area contributed by atoms with E-state index in [0.717, 1.165) is 22.6 Å². The van der Waals surface area contributed by atoms with Gasteiger partial charge in [-0.1, -0.05) is 35.9 Å². The Kier molecular flexibility index (Phi) is 5.23. The van der Waals surface area contributed by atoms with Crippen LogP contribution in [0.15, 0.2) is 42.5 Å². The molecule has 2 aromatic carbocycles. The van der Waals surface area contributed by atoms with Crippen LogP contribution in [0.25, 0.3) is 0 Å². The molecule has 0 atom stereocenters. The molecule has 5 nitrogen and oxygen atoms in total. The van der Waals surface area contributed by atoms with Crippen molar-refractivity contribution in [1.82, 2.24) is 10.2 Å². The van der Waals surface area contributed by atoms with E-state index >= 15 is 0 Å². The molecule has 1 amide bonds. The zero-order chi connectivity index (χ0) is 16.9. The average molecular weight is 347 g/mol. The van der Waals surface area contributed by atoms with E-state index in [1.165, 1.54) is 0 Å². The van der Waals surface area contributed by atoms with Gasteiger partial charge in [0.1, 0.15) is 0 Å². The molecular formula is C18H19ClN2O3. The SMILES string of the molecule is CN(CC(=O)NCc1ccccc1Cl)Cc1ccc2c(c1)OCO2. The van der Waals surface area contributed by atoms with Gasteiger partial charge in [0, 0.05) is 18.1 Å². The standard InChI is InChI=1S/C18H19ClN2O3/c1-21(10-13-6-7-16-17(8-13)24-12-23-16)11-18(22)20-9-14-4-2-3-5-15(14)19/h2-8H,9-12H2,1H3,(H,20,22). The molecule has 0 spiro atoms. The Labute approximate surface area is 146 Å². The lowest BCUT2D eigenvalue weighted by molar-refractivity contribution is -0.122. The number of carbonyl (C=O) groups excluding carboxylic acids is 1. The summed E-state index contributed by atoms with van der Waals surface area (Å²) in [6.45, 7) is 1.64. The Balaban J connectivity index is 1.48. The van der Waals surface area contributed by atoms with Crippen LogP contribution >= 0.6 is 11.6 Å². The Morgan fingerprint density at radius 2 is 2.00 bits per heavy atom. The van der Waals surface area contributed by atoms with Gasteiger partial charge in [0.15, 0.2) is 11.5 Å². The summed E-state index contributed by atoms with van der Waals surface area (Å²) < 4.78 is 10.7. The Morgan fingerprint density at radius 3 is 2.83 bits per heavy atom. The second-order valence-corrected chi connectivity index (χ2v) is 6.14. The number of rotatable bonds is 6. The summed E-state index contributed by atoms with van der Waals surface area (Å²) in [6.07, 6.45) is 0. The molecule has 0 aromatic heterocycles. The number of ether oxygens (including phenoxy) is 2. The fourth-order valence-corrected chi connectivity index (χ4v) is 2.75. The molecule has 2 aromatic rings. The number of likely N-dealkylation sites (N-methyl/N-ethyl adjacent to an activating group) is 1. The van der Waals surface area contributed by atoms with Crippen LogP contribution in [0.5, 0.6) is 11.5 Å². The van der Waals surface area contributed by atoms with Gasteiger partial charge in [-0.3, -0.25) is 9.69 Å². The summed E-state index contributed by atoms with van der Waals surface area (Å²) in [4.78, 5) is 14.0. The van der Waals surface area contributed by atoms with Gasteiger partial charge < -0.3 is 14.8 Å². The lowest BCUT2D eigenvalue weighted by atomic mass is 10.2. The minimum absolute atomic E-state index is 0.0434. The molecule has 0 saturated carbocycles. The normalized spacial score (nSPS) is 12.5. The van der Waals surface area contributed by atoms with Crippen LogP contribution in [0.1, 0.15) is 11.1 Å². The van der Waals surface area contributed by atoms with Gasteiger partial charge in [0.25, 0.3) is 0 Å². The van der Waals surface area contributed by atoms with Crippen molar-refractivity contribution < 1.29 is 14.3 Å². The van der Waals surface area contributed by atoms with Crippen LogP contribution in [0.2, 0.25) is 5.02 Å². The first-order chi connectivity index (χ1) is 11.6. The van der Waals surface area contributed by atoms with Crippen molar-refractivity contribution in [2.24, 2.45) is 0 Å². The Bertz CT molecular complexity index is 736. The highest BCUT2D eigenvalue weighted by Gasteiger charge is 2.14. The summed E-state index contributed by atoms with van der Waals surface area (Å²) in [5.41, 5.74) is 1.98. The molecule has 0 bridgehead atoms. The number of carbonyl (C=O) groups is 1. The number of amides is 1. The summed E-state index contributed by atoms with van der Waals surface area (Å²) >= 11 is 6.08. The highest BCUT2D eigenvalue weighted by Crippen LogP contribution is 2.32. The van der Waals surface area contributed by atoms with E-state index in [9.17, 15) is 4.79 Å². The van der Waals surface area contributed by atoms with Crippen molar-refractivity contribution in [1.29, 1.82) is 0 Å². The highest BCUT2D eigenvalue weighted by molar-refractivity contribution is 6.31. The zero-order valence-electron chi connectivity index (χ0n) is 13.4. The molecule has 0 fully saturated rings. The fourth-order valence-electron chi connectivity index (χ4n) is 2.54. The van der Waals surface area contributed by atoms with Crippen molar-refractivity contribution in [2.75, 3.05) is 20.4 Å². The number of hydrogen-bond acceptors (Lipinski definition) is 4. The highest BCUT2D eigenvalue weighted by atomic mass is 35.5. The first-order valence-corrected chi connectivity index (χ1v) is 8.07. The smallest absolute Gasteiger partial charge is 0.234 e. The minimum Gasteiger partial charge on any atom is -0.454 e. The molecule has 6 heteroatoms. The van der Waals surface area contributed by atoms with Gasteiger partial charge in [-0.25, -0.2) is 0 Å². The number of halogens is 1. The van der Waals surface area contributed by atoms with E-state index in [4.69, 9.17) is 21.1 Å². The predicted octanol–water partition coefficient (Wildman–Crippen LogP) is 2.82. The molecule has 3 rings (SSSR count). The topological polar surface area (TPSA) is 50.8 Å². The molecule has 0 aliphatic carbocycles. The van der Waals surface area contributed by atoms with Crippen LogP contribution in [-0.4, -0.2) is 31.2 Å². The lowest BCUT2D eigenvalue weighted by Crippen LogP contribution is -2.34. The van der Waals surface area contributed by atoms with Gasteiger partial charge >= 0.3 is 0 Å². The molecule has 1 N–H and O–H groups in total. The fraction of sp³-hybridized carbons (Fsp3) is 0.278. The lowest BCUT2D eigenvalue weighted by Gasteiger charge is -2.17. The zero-order valence-corrected chi connectivity index (χ0v) is 14.2. The number of nitrogens with zero attached hydrogens (tertiary/aromatic N) is 1. The van der Waals surface area contributed by atoms with E-state index in [0.29, 0.717) is 24.7 Å². The van der Waals surface area contributed by atoms with Crippen molar-refractivity contribution in [3.63, 3.8) is 0 Å².